The van der Waals surface area contributed by atoms with E-state index in [1.807, 2.05) is 146 Å². The van der Waals surface area contributed by atoms with Crippen LogP contribution in [0.2, 0.25) is 0 Å². The zero-order valence-corrected chi connectivity index (χ0v) is 51.3. The summed E-state index contributed by atoms with van der Waals surface area (Å²) in [6, 6.07) is 45.7. The van der Waals surface area contributed by atoms with Crippen LogP contribution in [0.15, 0.2) is 245 Å². The molecule has 0 fully saturated rings. The molecule has 0 aliphatic carbocycles. The van der Waals surface area contributed by atoms with E-state index >= 15 is 0 Å². The van der Waals surface area contributed by atoms with Crippen LogP contribution in [-0.4, -0.2) is 79.7 Å². The van der Waals surface area contributed by atoms with Gasteiger partial charge < -0.3 is 43.8 Å². The standard InChI is InChI=1S/4C14H10N4.2Ag.8O.2Re/c4*1-3-7-15-11(5-1)13-14(18-10-9-17-13)12-6-2-4-8-16-12;;;;;;;;;;;;/h4*1-10H;;;;;;;;;;;;/q;;;;2*+1;8*-2;;. The molecule has 0 saturated heterocycles. The fourth-order valence-corrected chi connectivity index (χ4v) is 6.87. The molecule has 12 aromatic heterocycles. The summed E-state index contributed by atoms with van der Waals surface area (Å²) >= 11 is 0. The molecule has 12 rings (SSSR count). The van der Waals surface area contributed by atoms with Crippen molar-refractivity contribution in [1.82, 2.24) is 79.7 Å². The Kier molecular flexibility index (Phi) is 43.8. The molecule has 0 N–H and O–H groups in total. The van der Waals surface area contributed by atoms with Crippen LogP contribution in [0.4, 0.5) is 0 Å². The number of hydrogen-bond acceptors (Lipinski definition) is 16. The first kappa shape index (κ1) is 82.5. The summed E-state index contributed by atoms with van der Waals surface area (Å²) in [4.78, 5) is 69.3. The van der Waals surface area contributed by atoms with Gasteiger partial charge in [0.25, 0.3) is 0 Å². The van der Waals surface area contributed by atoms with Gasteiger partial charge in [-0.3, -0.25) is 79.7 Å². The fraction of sp³-hybridized carbons (Fsp3) is 0. The summed E-state index contributed by atoms with van der Waals surface area (Å²) in [6.45, 7) is 0. The van der Waals surface area contributed by atoms with Gasteiger partial charge in [0, 0.05) is 140 Å². The average Bonchev–Trinajstić information content (AvgIpc) is 3.69. The Bertz CT molecular complexity index is 2860. The molecule has 0 aliphatic heterocycles. The van der Waals surface area contributed by atoms with E-state index in [0.717, 1.165) is 91.1 Å². The molecule has 0 unspecified atom stereocenters. The molecule has 84 heavy (non-hydrogen) atoms. The second-order valence-electron chi connectivity index (χ2n) is 14.7. The third kappa shape index (κ3) is 22.6. The van der Waals surface area contributed by atoms with Crippen molar-refractivity contribution in [3.63, 3.8) is 0 Å². The number of nitrogens with zero attached hydrogens (tertiary/aromatic N) is 16. The summed E-state index contributed by atoms with van der Waals surface area (Å²) in [5, 5.41) is 0. The van der Waals surface area contributed by atoms with E-state index in [1.165, 1.54) is 0 Å². The molecule has 0 saturated carbocycles. The monoisotopic (exact) mass is 1650 g/mol. The molecule has 0 bridgehead atoms. The van der Waals surface area contributed by atoms with Gasteiger partial charge in [-0.15, -0.1) is 0 Å². The Morgan fingerprint density at radius 1 is 0.143 bits per heavy atom. The molecule has 12 heterocycles. The molecule has 0 aromatic carbocycles. The van der Waals surface area contributed by atoms with Crippen molar-refractivity contribution in [2.45, 2.75) is 0 Å². The van der Waals surface area contributed by atoms with Crippen molar-refractivity contribution in [1.29, 1.82) is 0 Å². The summed E-state index contributed by atoms with van der Waals surface area (Å²) in [6.07, 6.45) is 27.2. The molecule has 12 aromatic rings. The largest absolute Gasteiger partial charge is 2.00 e. The number of aromatic nitrogens is 16. The number of hydrogen-bond donors (Lipinski definition) is 0. The van der Waals surface area contributed by atoms with Gasteiger partial charge in [-0.25, -0.2) is 0 Å². The molecule has 0 spiro atoms. The van der Waals surface area contributed by atoms with Gasteiger partial charge in [0.2, 0.25) is 0 Å². The Morgan fingerprint density at radius 2 is 0.250 bits per heavy atom. The van der Waals surface area contributed by atoms with Gasteiger partial charge in [0.15, 0.2) is 0 Å². The van der Waals surface area contributed by atoms with Crippen LogP contribution in [0.5, 0.6) is 0 Å². The van der Waals surface area contributed by atoms with Crippen LogP contribution in [-0.2, 0) is 129 Å². The Balaban J connectivity index is -0.000000485. The first-order valence-electron chi connectivity index (χ1n) is 22.4. The molecular weight excluding hydrogens is 1610 g/mol. The van der Waals surface area contributed by atoms with Crippen molar-refractivity contribution in [3.05, 3.63) is 245 Å². The van der Waals surface area contributed by atoms with E-state index in [4.69, 9.17) is 0 Å². The predicted octanol–water partition coefficient (Wildman–Crippen LogP) is 9.44. The molecular formula is C56H40Ag2N16O8Re2-14. The zero-order chi connectivity index (χ0) is 48.8. The van der Waals surface area contributed by atoms with E-state index in [1.54, 1.807) is 99.1 Å². The third-order valence-corrected chi connectivity index (χ3v) is 10.1. The van der Waals surface area contributed by atoms with Crippen molar-refractivity contribution < 1.29 is 129 Å². The molecule has 0 aliphatic rings. The van der Waals surface area contributed by atoms with Gasteiger partial charge in [-0.05, 0) is 97.1 Å². The van der Waals surface area contributed by atoms with Crippen molar-refractivity contribution in [2.24, 2.45) is 0 Å². The van der Waals surface area contributed by atoms with Crippen LogP contribution in [0.25, 0.3) is 91.1 Å². The smallest absolute Gasteiger partial charge is 1.00 e. The van der Waals surface area contributed by atoms with E-state index in [9.17, 15) is 0 Å². The summed E-state index contributed by atoms with van der Waals surface area (Å²) in [5.74, 6) is 0. The van der Waals surface area contributed by atoms with Gasteiger partial charge in [-0.2, -0.15) is 0 Å². The Morgan fingerprint density at radius 3 is 0.333 bits per heavy atom. The number of pyridine rings is 8. The van der Waals surface area contributed by atoms with Gasteiger partial charge >= 0.3 is 44.8 Å². The first-order valence-corrected chi connectivity index (χ1v) is 22.4. The summed E-state index contributed by atoms with van der Waals surface area (Å²) < 4.78 is 0. The maximum Gasteiger partial charge on any atom is 1.00 e. The van der Waals surface area contributed by atoms with Crippen molar-refractivity contribution in [2.75, 3.05) is 0 Å². The SMILES string of the molecule is [Ag+].[Ag+].[O-2].[O-2].[O-2].[O-2].[O-2].[O-2].[O-2].[O-2].[Re].[Re].c1ccc(-c2nccnc2-c2ccccn2)nc1.c1ccc(-c2nccnc2-c2ccccn2)nc1.c1ccc(-c2nccnc2-c2ccccn2)nc1.c1ccc(-c2nccnc2-c2ccccn2)nc1. The van der Waals surface area contributed by atoms with E-state index in [2.05, 4.69) is 79.7 Å². The minimum atomic E-state index is 0. The summed E-state index contributed by atoms with van der Waals surface area (Å²) in [7, 11) is 0. The molecule has 24 nitrogen and oxygen atoms in total. The fourth-order valence-electron chi connectivity index (χ4n) is 6.87. The molecule has 442 valence electrons. The van der Waals surface area contributed by atoms with E-state index in [0.29, 0.717) is 0 Å². The Labute approximate surface area is 540 Å². The molecule has 0 amide bonds. The van der Waals surface area contributed by atoms with Crippen LogP contribution in [0.1, 0.15) is 0 Å². The third-order valence-electron chi connectivity index (χ3n) is 10.1. The van der Waals surface area contributed by atoms with E-state index < -0.39 is 0 Å². The second-order valence-corrected chi connectivity index (χ2v) is 14.7. The molecule has 0 atom stereocenters. The average molecular weight is 1650 g/mol. The minimum absolute atomic E-state index is 0. The maximum absolute atomic E-state index is 4.36. The van der Waals surface area contributed by atoms with Crippen LogP contribution >= 0.6 is 0 Å². The maximum atomic E-state index is 4.36. The van der Waals surface area contributed by atoms with Crippen molar-refractivity contribution in [3.8, 4) is 91.1 Å². The second kappa shape index (κ2) is 44.6. The van der Waals surface area contributed by atoms with Crippen LogP contribution < -0.4 is 0 Å². The minimum Gasteiger partial charge on any atom is -2.00 e. The summed E-state index contributed by atoms with van der Waals surface area (Å²) in [5.41, 5.74) is 12.4. The first-order chi connectivity index (χ1) is 35.8. The molecule has 2 radical (unpaired) electrons. The quantitative estimate of drug-likeness (QED) is 0.128. The predicted molar refractivity (Wildman–Crippen MR) is 279 cm³/mol. The molecule has 28 heteroatoms. The van der Waals surface area contributed by atoms with Gasteiger partial charge in [0.1, 0.15) is 45.6 Å². The van der Waals surface area contributed by atoms with E-state index in [-0.39, 0.29) is 129 Å². The normalized spacial score (nSPS) is 8.76. The number of rotatable bonds is 8. The topological polar surface area (TPSA) is 434 Å². The Hall–Kier alpha value is -7.99. The van der Waals surface area contributed by atoms with Crippen molar-refractivity contribution >= 4 is 0 Å². The van der Waals surface area contributed by atoms with Gasteiger partial charge in [0.05, 0.1) is 45.6 Å². The zero-order valence-electron chi connectivity index (χ0n) is 42.9. The van der Waals surface area contributed by atoms with Crippen LogP contribution in [0, 0.1) is 0 Å². The van der Waals surface area contributed by atoms with Gasteiger partial charge in [-0.1, -0.05) is 48.5 Å². The van der Waals surface area contributed by atoms with Crippen LogP contribution in [0.3, 0.4) is 0 Å².